The van der Waals surface area contributed by atoms with E-state index in [2.05, 4.69) is 41.2 Å². The Bertz CT molecular complexity index is 1430. The number of nitrogens with one attached hydrogen (secondary N) is 3. The van der Waals surface area contributed by atoms with Gasteiger partial charge in [0.15, 0.2) is 0 Å². The quantitative estimate of drug-likeness (QED) is 0.324. The van der Waals surface area contributed by atoms with Crippen LogP contribution in [0.1, 0.15) is 12.2 Å². The zero-order chi connectivity index (χ0) is 24.2. The molecule has 0 saturated carbocycles. The van der Waals surface area contributed by atoms with E-state index in [1.807, 2.05) is 6.07 Å². The Balaban J connectivity index is 1.54. The van der Waals surface area contributed by atoms with Crippen molar-refractivity contribution >= 4 is 45.3 Å². The summed E-state index contributed by atoms with van der Waals surface area (Å²) in [5.74, 6) is 0.616. The molecule has 0 bridgehead atoms. The summed E-state index contributed by atoms with van der Waals surface area (Å²) in [6.07, 6.45) is 3.50. The van der Waals surface area contributed by atoms with E-state index in [-0.39, 0.29) is 22.5 Å². The van der Waals surface area contributed by atoms with Gasteiger partial charge >= 0.3 is 0 Å². The molecule has 1 atom stereocenters. The van der Waals surface area contributed by atoms with Gasteiger partial charge in [0.25, 0.3) is 0 Å². The minimum Gasteiger partial charge on any atom is -0.486 e. The van der Waals surface area contributed by atoms with Gasteiger partial charge in [0.2, 0.25) is 5.82 Å². The lowest BCUT2D eigenvalue weighted by atomic mass is 10.1. The molecule has 0 amide bonds. The van der Waals surface area contributed by atoms with Crippen LogP contribution in [0, 0.1) is 17.1 Å². The van der Waals surface area contributed by atoms with Crippen molar-refractivity contribution in [3.05, 3.63) is 59.5 Å². The summed E-state index contributed by atoms with van der Waals surface area (Å²) in [5.41, 5.74) is 1.88. The first-order valence-corrected chi connectivity index (χ1v) is 10.8. The number of ether oxygens (including phenoxy) is 2. The molecule has 4 aromatic rings. The van der Waals surface area contributed by atoms with Gasteiger partial charge in [-0.25, -0.2) is 14.4 Å². The summed E-state index contributed by atoms with van der Waals surface area (Å²) in [6, 6.07) is 9.88. The molecule has 35 heavy (non-hydrogen) atoms. The number of hydrogen-bond acceptors (Lipinski definition) is 10. The number of rotatable bonds is 7. The third-order valence-corrected chi connectivity index (χ3v) is 5.47. The van der Waals surface area contributed by atoms with E-state index in [0.29, 0.717) is 47.1 Å². The number of nitriles is 1. The summed E-state index contributed by atoms with van der Waals surface area (Å²) in [5, 5.41) is 29.9. The molecule has 3 heterocycles. The molecule has 1 fully saturated rings. The number of H-pyrrole nitrogens is 1. The molecule has 1 saturated heterocycles. The summed E-state index contributed by atoms with van der Waals surface area (Å²) >= 11 is 5.92. The Hall–Kier alpha value is -4.34. The highest BCUT2D eigenvalue weighted by Crippen LogP contribution is 2.35. The van der Waals surface area contributed by atoms with Crippen molar-refractivity contribution < 1.29 is 13.9 Å². The van der Waals surface area contributed by atoms with Crippen molar-refractivity contribution in [2.24, 2.45) is 0 Å². The summed E-state index contributed by atoms with van der Waals surface area (Å²) in [6.45, 7) is 1.09. The van der Waals surface area contributed by atoms with E-state index in [4.69, 9.17) is 21.1 Å². The molecule has 176 valence electrons. The summed E-state index contributed by atoms with van der Waals surface area (Å²) < 4.78 is 25.2. The molecule has 3 N–H and O–H groups in total. The molecule has 0 aliphatic carbocycles. The Labute approximate surface area is 202 Å². The normalized spacial score (nSPS) is 15.7. The van der Waals surface area contributed by atoms with Crippen molar-refractivity contribution in [1.82, 2.24) is 30.6 Å². The van der Waals surface area contributed by atoms with Crippen LogP contribution in [0.25, 0.3) is 16.5 Å². The maximum Gasteiger partial charge on any atom is 0.216 e. The van der Waals surface area contributed by atoms with Crippen LogP contribution in [0.3, 0.4) is 0 Å². The van der Waals surface area contributed by atoms with E-state index in [0.717, 1.165) is 6.42 Å². The van der Waals surface area contributed by atoms with Crippen LogP contribution in [0.15, 0.2) is 42.9 Å². The van der Waals surface area contributed by atoms with Gasteiger partial charge in [-0.1, -0.05) is 11.6 Å². The molecule has 13 heteroatoms. The molecule has 1 unspecified atom stereocenters. The highest BCUT2D eigenvalue weighted by atomic mass is 35.5. The number of aromatic nitrogens is 6. The van der Waals surface area contributed by atoms with Gasteiger partial charge in [-0.3, -0.25) is 0 Å². The lowest BCUT2D eigenvalue weighted by molar-refractivity contribution is 0.142. The number of hydrogen-bond donors (Lipinski definition) is 3. The van der Waals surface area contributed by atoms with Gasteiger partial charge in [0.1, 0.15) is 41.5 Å². The first-order chi connectivity index (χ1) is 17.1. The van der Waals surface area contributed by atoms with Crippen LogP contribution in [0.4, 0.5) is 21.6 Å². The number of halogens is 2. The topological polar surface area (TPSA) is 147 Å². The average Bonchev–Trinajstić information content (AvgIpc) is 3.57. The van der Waals surface area contributed by atoms with E-state index in [9.17, 15) is 9.65 Å². The van der Waals surface area contributed by atoms with Gasteiger partial charge in [0, 0.05) is 29.8 Å². The second-order valence-corrected chi connectivity index (χ2v) is 7.90. The van der Waals surface area contributed by atoms with Gasteiger partial charge in [-0.05, 0) is 29.5 Å². The van der Waals surface area contributed by atoms with Crippen molar-refractivity contribution in [2.75, 3.05) is 23.8 Å². The molecule has 5 rings (SSSR count). The Morgan fingerprint density at radius 3 is 2.97 bits per heavy atom. The van der Waals surface area contributed by atoms with E-state index in [1.165, 1.54) is 24.7 Å². The zero-order valence-electron chi connectivity index (χ0n) is 18.0. The SMILES string of the molecule is N#CC(=CNc1cc2c(Nc3ccc(F)c(Cl)c3)ncnc2cc1OC1CCOC1)c1nn[nH]n1. The molecule has 2 aromatic heterocycles. The maximum atomic E-state index is 13.6. The van der Waals surface area contributed by atoms with Crippen LogP contribution >= 0.6 is 11.6 Å². The minimum absolute atomic E-state index is 0.0131. The predicted molar refractivity (Wildman–Crippen MR) is 125 cm³/mol. The van der Waals surface area contributed by atoms with Crippen LogP contribution < -0.4 is 15.4 Å². The fraction of sp³-hybridized carbons (Fsp3) is 0.182. The second-order valence-electron chi connectivity index (χ2n) is 7.49. The monoisotopic (exact) mass is 493 g/mol. The second kappa shape index (κ2) is 9.88. The highest BCUT2D eigenvalue weighted by molar-refractivity contribution is 6.31. The Kier molecular flexibility index (Phi) is 6.34. The predicted octanol–water partition coefficient (Wildman–Crippen LogP) is 3.82. The van der Waals surface area contributed by atoms with Crippen molar-refractivity contribution in [1.29, 1.82) is 5.26 Å². The largest absolute Gasteiger partial charge is 0.486 e. The third kappa shape index (κ3) is 4.96. The summed E-state index contributed by atoms with van der Waals surface area (Å²) in [7, 11) is 0. The number of aromatic amines is 1. The van der Waals surface area contributed by atoms with Crippen molar-refractivity contribution in [2.45, 2.75) is 12.5 Å². The number of fused-ring (bicyclic) bond motifs is 1. The minimum atomic E-state index is -0.518. The maximum absolute atomic E-state index is 13.6. The molecule has 0 spiro atoms. The van der Waals surface area contributed by atoms with Crippen molar-refractivity contribution in [3.8, 4) is 11.8 Å². The fourth-order valence-corrected chi connectivity index (χ4v) is 3.64. The molecule has 0 radical (unpaired) electrons. The Morgan fingerprint density at radius 1 is 1.31 bits per heavy atom. The van der Waals surface area contributed by atoms with Gasteiger partial charge < -0.3 is 20.1 Å². The van der Waals surface area contributed by atoms with Crippen LogP contribution in [0.2, 0.25) is 5.02 Å². The first-order valence-electron chi connectivity index (χ1n) is 10.5. The number of allylic oxidation sites excluding steroid dienone is 1. The van der Waals surface area contributed by atoms with E-state index < -0.39 is 5.82 Å². The smallest absolute Gasteiger partial charge is 0.216 e. The number of tetrazole rings is 1. The molecular formula is C22H17ClFN9O2. The van der Waals surface area contributed by atoms with E-state index >= 15 is 0 Å². The molecule has 1 aliphatic rings. The van der Waals surface area contributed by atoms with Gasteiger partial charge in [-0.2, -0.15) is 10.5 Å². The molecule has 1 aliphatic heterocycles. The lowest BCUT2D eigenvalue weighted by Gasteiger charge is -2.17. The van der Waals surface area contributed by atoms with Crippen LogP contribution in [-0.4, -0.2) is 49.9 Å². The third-order valence-electron chi connectivity index (χ3n) is 5.18. The highest BCUT2D eigenvalue weighted by Gasteiger charge is 2.20. The Morgan fingerprint density at radius 2 is 2.23 bits per heavy atom. The molecular weight excluding hydrogens is 477 g/mol. The first kappa shape index (κ1) is 22.5. The fourth-order valence-electron chi connectivity index (χ4n) is 3.46. The van der Waals surface area contributed by atoms with E-state index in [1.54, 1.807) is 18.2 Å². The van der Waals surface area contributed by atoms with Crippen molar-refractivity contribution in [3.63, 3.8) is 0 Å². The lowest BCUT2D eigenvalue weighted by Crippen LogP contribution is -2.16. The molecule has 11 nitrogen and oxygen atoms in total. The summed E-state index contributed by atoms with van der Waals surface area (Å²) in [4.78, 5) is 8.70. The standard InChI is InChI=1S/C22H17ClFN9O2/c23-16-5-13(1-2-17(16)24)29-22-15-6-19(26-9-12(8-25)21-30-32-33-31-21)20(7-18(15)27-11-28-22)35-14-3-4-34-10-14/h1-2,5-7,9,11,14,26H,3-4,10H2,(H,27,28,29)(H,30,31,32,33). The number of nitrogens with zero attached hydrogens (tertiary/aromatic N) is 6. The van der Waals surface area contributed by atoms with Gasteiger partial charge in [-0.15, -0.1) is 10.2 Å². The average molecular weight is 494 g/mol. The van der Waals surface area contributed by atoms with Crippen LogP contribution in [0.5, 0.6) is 5.75 Å². The van der Waals surface area contributed by atoms with Gasteiger partial charge in [0.05, 0.1) is 29.4 Å². The van der Waals surface area contributed by atoms with Crippen LogP contribution in [-0.2, 0) is 4.74 Å². The number of anilines is 3. The zero-order valence-corrected chi connectivity index (χ0v) is 18.8. The number of benzene rings is 2. The molecule has 2 aromatic carbocycles.